The molecule has 0 saturated heterocycles. The molecule has 0 aliphatic carbocycles. The molecular formula is C15H15ClN4O. The first kappa shape index (κ1) is 13.8. The van der Waals surface area contributed by atoms with Gasteiger partial charge in [0.2, 0.25) is 0 Å². The summed E-state index contributed by atoms with van der Waals surface area (Å²) in [5.74, 6) is 0. The van der Waals surface area contributed by atoms with Gasteiger partial charge >= 0.3 is 0 Å². The molecule has 0 unspecified atom stereocenters. The van der Waals surface area contributed by atoms with Crippen molar-refractivity contribution < 1.29 is 0 Å². The molecular weight excluding hydrogens is 288 g/mol. The number of hydrogen-bond donors (Lipinski definition) is 0. The summed E-state index contributed by atoms with van der Waals surface area (Å²) in [6, 6.07) is 6.98. The summed E-state index contributed by atoms with van der Waals surface area (Å²) in [5.41, 5.74) is 1.54. The summed E-state index contributed by atoms with van der Waals surface area (Å²) in [4.78, 5) is 17.1. The molecule has 1 aromatic carbocycles. The van der Waals surface area contributed by atoms with Crippen LogP contribution in [0.25, 0.3) is 10.9 Å². The van der Waals surface area contributed by atoms with E-state index in [4.69, 9.17) is 11.6 Å². The number of fused-ring (bicyclic) bond motifs is 1. The molecule has 3 rings (SSSR count). The zero-order valence-corrected chi connectivity index (χ0v) is 12.6. The van der Waals surface area contributed by atoms with Gasteiger partial charge in [-0.3, -0.25) is 14.0 Å². The predicted octanol–water partition coefficient (Wildman–Crippen LogP) is 2.78. The molecule has 0 aliphatic rings. The van der Waals surface area contributed by atoms with Crippen molar-refractivity contribution in [3.63, 3.8) is 0 Å². The fourth-order valence-electron chi connectivity index (χ4n) is 2.59. The van der Waals surface area contributed by atoms with Crippen molar-refractivity contribution in [2.24, 2.45) is 7.05 Å². The lowest BCUT2D eigenvalue weighted by Crippen LogP contribution is -2.27. The number of aryl methyl sites for hydroxylation is 1. The van der Waals surface area contributed by atoms with Crippen molar-refractivity contribution in [2.75, 3.05) is 0 Å². The van der Waals surface area contributed by atoms with Crippen LogP contribution < -0.4 is 5.56 Å². The average molecular weight is 303 g/mol. The summed E-state index contributed by atoms with van der Waals surface area (Å²) < 4.78 is 3.43. The minimum Gasteiger partial charge on any atom is -0.290 e. The van der Waals surface area contributed by atoms with Gasteiger partial charge in [-0.2, -0.15) is 5.10 Å². The van der Waals surface area contributed by atoms with E-state index in [0.29, 0.717) is 15.9 Å². The van der Waals surface area contributed by atoms with Crippen LogP contribution >= 0.6 is 11.6 Å². The quantitative estimate of drug-likeness (QED) is 0.747. The van der Waals surface area contributed by atoms with Gasteiger partial charge in [-0.25, -0.2) is 4.98 Å². The summed E-state index contributed by atoms with van der Waals surface area (Å²) >= 11 is 5.99. The van der Waals surface area contributed by atoms with Gasteiger partial charge in [0.05, 0.1) is 29.0 Å². The normalized spacial score (nSPS) is 12.7. The summed E-state index contributed by atoms with van der Waals surface area (Å²) in [7, 11) is 1.87. The molecule has 2 heterocycles. The Balaban J connectivity index is 2.22. The molecule has 6 heteroatoms. The standard InChI is InChI=1S/C15H15ClN4O/c1-3-13(14-6-7-18-19(14)2)20-9-17-12-5-4-10(16)8-11(12)15(20)21/h4-9,13H,3H2,1-2H3/t13-/m0/s1. The highest BCUT2D eigenvalue weighted by Crippen LogP contribution is 2.21. The van der Waals surface area contributed by atoms with E-state index in [1.54, 1.807) is 40.0 Å². The third-order valence-electron chi connectivity index (χ3n) is 3.67. The maximum absolute atomic E-state index is 12.7. The van der Waals surface area contributed by atoms with E-state index in [9.17, 15) is 4.79 Å². The minimum atomic E-state index is -0.0964. The lowest BCUT2D eigenvalue weighted by molar-refractivity contribution is 0.502. The topological polar surface area (TPSA) is 52.7 Å². The third kappa shape index (κ3) is 2.34. The van der Waals surface area contributed by atoms with Crippen LogP contribution in [0.2, 0.25) is 5.02 Å². The van der Waals surface area contributed by atoms with Crippen molar-refractivity contribution in [2.45, 2.75) is 19.4 Å². The fourth-order valence-corrected chi connectivity index (χ4v) is 2.76. The highest BCUT2D eigenvalue weighted by molar-refractivity contribution is 6.31. The number of benzene rings is 1. The van der Waals surface area contributed by atoms with Gasteiger partial charge in [-0.05, 0) is 30.7 Å². The van der Waals surface area contributed by atoms with E-state index >= 15 is 0 Å². The second kappa shape index (κ2) is 5.33. The van der Waals surface area contributed by atoms with Gasteiger partial charge in [-0.15, -0.1) is 0 Å². The summed E-state index contributed by atoms with van der Waals surface area (Å²) in [5, 5.41) is 5.24. The Hall–Kier alpha value is -2.14. The Morgan fingerprint density at radius 2 is 2.14 bits per heavy atom. The maximum atomic E-state index is 12.7. The molecule has 108 valence electrons. The maximum Gasteiger partial charge on any atom is 0.261 e. The van der Waals surface area contributed by atoms with Crippen LogP contribution in [0.4, 0.5) is 0 Å². The number of nitrogens with zero attached hydrogens (tertiary/aromatic N) is 4. The largest absolute Gasteiger partial charge is 0.290 e. The van der Waals surface area contributed by atoms with E-state index in [-0.39, 0.29) is 11.6 Å². The number of hydrogen-bond acceptors (Lipinski definition) is 3. The van der Waals surface area contributed by atoms with Crippen molar-refractivity contribution in [3.8, 4) is 0 Å². The van der Waals surface area contributed by atoms with Crippen LogP contribution in [0.1, 0.15) is 25.1 Å². The molecule has 5 nitrogen and oxygen atoms in total. The molecule has 3 aromatic rings. The van der Waals surface area contributed by atoms with E-state index in [1.807, 2.05) is 20.0 Å². The summed E-state index contributed by atoms with van der Waals surface area (Å²) in [6.45, 7) is 2.03. The molecule has 0 N–H and O–H groups in total. The second-order valence-electron chi connectivity index (χ2n) is 4.92. The SMILES string of the molecule is CC[C@@H](c1ccnn1C)n1cnc2ccc(Cl)cc2c1=O. The van der Waals surface area contributed by atoms with E-state index in [1.165, 1.54) is 0 Å². The van der Waals surface area contributed by atoms with Gasteiger partial charge in [0, 0.05) is 18.3 Å². The van der Waals surface area contributed by atoms with E-state index < -0.39 is 0 Å². The fraction of sp³-hybridized carbons (Fsp3) is 0.267. The van der Waals surface area contributed by atoms with Crippen LogP contribution in [0.15, 0.2) is 41.6 Å². The average Bonchev–Trinajstić information content (AvgIpc) is 2.89. The monoisotopic (exact) mass is 302 g/mol. The first-order valence-corrected chi connectivity index (χ1v) is 7.14. The van der Waals surface area contributed by atoms with E-state index in [0.717, 1.165) is 12.1 Å². The Bertz CT molecular complexity index is 852. The van der Waals surface area contributed by atoms with Gasteiger partial charge in [-0.1, -0.05) is 18.5 Å². The third-order valence-corrected chi connectivity index (χ3v) is 3.90. The van der Waals surface area contributed by atoms with Gasteiger partial charge in [0.15, 0.2) is 0 Å². The summed E-state index contributed by atoms with van der Waals surface area (Å²) in [6.07, 6.45) is 4.10. The first-order chi connectivity index (χ1) is 10.1. The van der Waals surface area contributed by atoms with Gasteiger partial charge in [0.25, 0.3) is 5.56 Å². The molecule has 2 aromatic heterocycles. The number of rotatable bonds is 3. The van der Waals surface area contributed by atoms with Crippen molar-refractivity contribution in [1.82, 2.24) is 19.3 Å². The molecule has 21 heavy (non-hydrogen) atoms. The molecule has 0 bridgehead atoms. The Morgan fingerprint density at radius 1 is 1.33 bits per heavy atom. The van der Waals surface area contributed by atoms with Crippen LogP contribution in [-0.4, -0.2) is 19.3 Å². The van der Waals surface area contributed by atoms with E-state index in [2.05, 4.69) is 10.1 Å². The predicted molar refractivity (Wildman–Crippen MR) is 82.7 cm³/mol. The smallest absolute Gasteiger partial charge is 0.261 e. The van der Waals surface area contributed by atoms with Crippen LogP contribution in [0.3, 0.4) is 0 Å². The number of aromatic nitrogens is 4. The van der Waals surface area contributed by atoms with Gasteiger partial charge < -0.3 is 0 Å². The molecule has 0 fully saturated rings. The van der Waals surface area contributed by atoms with Crippen LogP contribution in [0, 0.1) is 0 Å². The Morgan fingerprint density at radius 3 is 2.81 bits per heavy atom. The Kier molecular flexibility index (Phi) is 3.51. The molecule has 0 radical (unpaired) electrons. The molecule has 1 atom stereocenters. The zero-order valence-electron chi connectivity index (χ0n) is 11.8. The lowest BCUT2D eigenvalue weighted by atomic mass is 10.1. The Labute approximate surface area is 126 Å². The second-order valence-corrected chi connectivity index (χ2v) is 5.36. The first-order valence-electron chi connectivity index (χ1n) is 6.76. The molecule has 0 spiro atoms. The highest BCUT2D eigenvalue weighted by Gasteiger charge is 2.17. The lowest BCUT2D eigenvalue weighted by Gasteiger charge is -2.18. The van der Waals surface area contributed by atoms with Crippen LogP contribution in [-0.2, 0) is 7.05 Å². The molecule has 0 amide bonds. The number of halogens is 1. The van der Waals surface area contributed by atoms with Crippen molar-refractivity contribution >= 4 is 22.5 Å². The van der Waals surface area contributed by atoms with Crippen molar-refractivity contribution in [1.29, 1.82) is 0 Å². The zero-order chi connectivity index (χ0) is 15.0. The highest BCUT2D eigenvalue weighted by atomic mass is 35.5. The van der Waals surface area contributed by atoms with Crippen molar-refractivity contribution in [3.05, 3.63) is 57.9 Å². The molecule has 0 saturated carbocycles. The molecule has 0 aliphatic heterocycles. The van der Waals surface area contributed by atoms with Crippen LogP contribution in [0.5, 0.6) is 0 Å². The minimum absolute atomic E-state index is 0.0875. The van der Waals surface area contributed by atoms with Gasteiger partial charge in [0.1, 0.15) is 0 Å².